The molecule has 4 aliphatic rings. The van der Waals surface area contributed by atoms with E-state index < -0.39 is 104 Å². The molecule has 304 valence electrons. The highest BCUT2D eigenvalue weighted by molar-refractivity contribution is 6.58. The normalized spacial score (nSPS) is 26.3. The average Bonchev–Trinajstić information content (AvgIpc) is 3.57. The first-order valence-corrected chi connectivity index (χ1v) is 19.0. The van der Waals surface area contributed by atoms with Crippen LogP contribution in [0.5, 0.6) is 17.2 Å². The molecule has 2 aliphatic heterocycles. The second-order valence-corrected chi connectivity index (χ2v) is 16.1. The molecule has 0 spiro atoms. The lowest BCUT2D eigenvalue weighted by Crippen LogP contribution is -2.60. The minimum atomic E-state index is -2.81. The van der Waals surface area contributed by atoms with E-state index in [-0.39, 0.29) is 33.2 Å². The van der Waals surface area contributed by atoms with Gasteiger partial charge in [-0.05, 0) is 72.9 Å². The highest BCUT2D eigenvalue weighted by atomic mass is 35.5. The number of fused-ring (bicyclic) bond motifs is 4. The second-order valence-electron chi connectivity index (χ2n) is 14.4. The van der Waals surface area contributed by atoms with Crippen LogP contribution in [0.4, 0.5) is 33.3 Å². The highest BCUT2D eigenvalue weighted by Gasteiger charge is 2.77. The summed E-state index contributed by atoms with van der Waals surface area (Å²) in [7, 11) is 3.07. The molecule has 0 radical (unpaired) electrons. The Morgan fingerprint density at radius 2 is 1.42 bits per heavy atom. The topological polar surface area (TPSA) is 113 Å². The van der Waals surface area contributed by atoms with Crippen molar-refractivity contribution in [3.63, 3.8) is 0 Å². The van der Waals surface area contributed by atoms with Crippen LogP contribution in [0.3, 0.4) is 0 Å². The first-order valence-electron chi connectivity index (χ1n) is 17.8. The lowest BCUT2D eigenvalue weighted by atomic mass is 9.56. The summed E-state index contributed by atoms with van der Waals surface area (Å²) in [6, 6.07) is 15.4. The number of hydrogen-bond donors (Lipinski definition) is 1. The van der Waals surface area contributed by atoms with Crippen LogP contribution in [0.25, 0.3) is 12.2 Å². The molecule has 1 saturated carbocycles. The monoisotopic (exact) mass is 872 g/mol. The van der Waals surface area contributed by atoms with Crippen molar-refractivity contribution in [2.24, 2.45) is 17.8 Å². The van der Waals surface area contributed by atoms with E-state index in [1.807, 2.05) is 0 Å². The number of aromatic hydroxyl groups is 1. The van der Waals surface area contributed by atoms with Gasteiger partial charge in [0, 0.05) is 22.1 Å². The van der Waals surface area contributed by atoms with Gasteiger partial charge in [0.1, 0.15) is 22.9 Å². The van der Waals surface area contributed by atoms with Crippen LogP contribution in [0.1, 0.15) is 35.4 Å². The van der Waals surface area contributed by atoms with Gasteiger partial charge in [-0.3, -0.25) is 24.1 Å². The van der Waals surface area contributed by atoms with Crippen molar-refractivity contribution in [3.05, 3.63) is 123 Å². The van der Waals surface area contributed by atoms with E-state index in [2.05, 4.69) is 0 Å². The van der Waals surface area contributed by atoms with Gasteiger partial charge in [-0.1, -0.05) is 47.5 Å². The van der Waals surface area contributed by atoms with Crippen molar-refractivity contribution in [2.45, 2.75) is 28.5 Å². The summed E-state index contributed by atoms with van der Waals surface area (Å²) in [5.74, 6) is -21.5. The summed E-state index contributed by atoms with van der Waals surface area (Å²) in [5, 5.41) is 11.2. The Morgan fingerprint density at radius 1 is 0.763 bits per heavy atom. The zero-order valence-electron chi connectivity index (χ0n) is 30.5. The maximum atomic E-state index is 15.3. The summed E-state index contributed by atoms with van der Waals surface area (Å²) in [6.45, 7) is 0. The third-order valence-corrected chi connectivity index (χ3v) is 13.2. The fourth-order valence-corrected chi connectivity index (χ4v) is 9.92. The number of nitrogens with zero attached hydrogens (tertiary/aromatic N) is 2. The molecule has 0 aromatic heterocycles. The first-order chi connectivity index (χ1) is 28.0. The molecule has 3 fully saturated rings. The fraction of sp³-hybridized carbons (Fsp3) is 0.238. The zero-order chi connectivity index (χ0) is 42.5. The van der Waals surface area contributed by atoms with E-state index in [1.165, 1.54) is 32.4 Å². The lowest BCUT2D eigenvalue weighted by molar-refractivity contribution is -0.125. The number of carbonyl (C=O) groups excluding carboxylic acids is 4. The molecular formula is C42H28Cl3F5N2O7. The number of phenolic OH excluding ortho intramolecular Hbond substituents is 1. The smallest absolute Gasteiger partial charge is 0.258 e. The third kappa shape index (κ3) is 5.77. The fourth-order valence-electron chi connectivity index (χ4n) is 8.81. The Morgan fingerprint density at radius 3 is 2.07 bits per heavy atom. The number of benzene rings is 4. The molecule has 2 saturated heterocycles. The number of hydrogen-bond acceptors (Lipinski definition) is 7. The number of halogens is 8. The molecule has 0 unspecified atom stereocenters. The molecule has 59 heavy (non-hydrogen) atoms. The molecule has 1 N–H and O–H groups in total. The summed E-state index contributed by atoms with van der Waals surface area (Å²) in [6.07, 6.45) is 4.30. The second kappa shape index (κ2) is 14.4. The summed E-state index contributed by atoms with van der Waals surface area (Å²) in [5.41, 5.74) is -0.317. The predicted molar refractivity (Wildman–Crippen MR) is 207 cm³/mol. The van der Waals surface area contributed by atoms with E-state index in [4.69, 9.17) is 44.3 Å². The maximum Gasteiger partial charge on any atom is 0.258 e. The first kappa shape index (κ1) is 40.3. The number of carbonyl (C=O) groups is 4. The number of ether oxygens (including phenoxy) is 2. The third-order valence-electron chi connectivity index (χ3n) is 11.6. The van der Waals surface area contributed by atoms with E-state index in [1.54, 1.807) is 54.6 Å². The molecule has 4 aromatic rings. The number of methoxy groups -OCH3 is 2. The number of imide groups is 2. The van der Waals surface area contributed by atoms with Gasteiger partial charge < -0.3 is 14.6 Å². The number of rotatable bonds is 7. The molecule has 0 bridgehead atoms. The van der Waals surface area contributed by atoms with Gasteiger partial charge in [0.05, 0.1) is 31.7 Å². The number of amides is 4. The molecule has 6 atom stereocenters. The van der Waals surface area contributed by atoms with E-state index in [9.17, 15) is 37.5 Å². The Bertz CT molecular complexity index is 2560. The Labute approximate surface area is 347 Å². The zero-order valence-corrected chi connectivity index (χ0v) is 32.8. The van der Waals surface area contributed by atoms with Crippen LogP contribution in [0.2, 0.25) is 5.02 Å². The minimum absolute atomic E-state index is 0.00209. The summed E-state index contributed by atoms with van der Waals surface area (Å²) < 4.78 is 84.5. The van der Waals surface area contributed by atoms with Crippen molar-refractivity contribution >= 4 is 82.0 Å². The number of alkyl halides is 2. The molecule has 2 aliphatic carbocycles. The largest absolute Gasteiger partial charge is 0.508 e. The lowest BCUT2D eigenvalue weighted by Gasteiger charge is -2.50. The number of phenols is 1. The standard InChI is InChI=1S/C42H28Cl3F5N2O7/c1-58-22-10-14-28(59-2)19(15-22)6-3-18-4-8-21(9-5-18)51-37(54)24-12-11-23-26(29(24)38(51)55)17-41(44)39(56)52(36-34(49)32(47)31(46)33(48)35(36)50)40(57)42(41,45)30(23)25-16-20(43)7-13-27(25)53/h3-11,13-16,24,26,29-30,53H,12,17H2,1-2H3/t24-,26+,29-,30+,41+,42-/m0/s1. The summed E-state index contributed by atoms with van der Waals surface area (Å²) in [4.78, 5) is 52.6. The molecule has 17 heteroatoms. The Balaban J connectivity index is 1.19. The van der Waals surface area contributed by atoms with Gasteiger partial charge in [-0.25, -0.2) is 26.9 Å². The Hall–Kier alpha value is -5.44. The van der Waals surface area contributed by atoms with Crippen molar-refractivity contribution in [3.8, 4) is 17.2 Å². The average molecular weight is 874 g/mol. The quantitative estimate of drug-likeness (QED) is 0.0376. The SMILES string of the molecule is COc1ccc(OC)c(C=Cc2ccc(N3C(=O)[C@H]4[C@H](CC=C5[C@H]4C[C@@]4(Cl)C(=O)N(c6c(F)c(F)c(F)c(F)c6F)C(=O)[C@@]4(Cl)[C@H]5c4cc(Cl)ccc4O)C3=O)cc2)c1. The van der Waals surface area contributed by atoms with Gasteiger partial charge in [0.25, 0.3) is 11.8 Å². The Kier molecular flexibility index (Phi) is 9.84. The van der Waals surface area contributed by atoms with Crippen LogP contribution in [0.15, 0.2) is 72.3 Å². The number of allylic oxidation sites excluding steroid dienone is 2. The molecule has 4 aromatic carbocycles. The van der Waals surface area contributed by atoms with Crippen molar-refractivity contribution in [1.82, 2.24) is 0 Å². The number of anilines is 2. The van der Waals surface area contributed by atoms with Crippen LogP contribution >= 0.6 is 34.8 Å². The molecular weight excluding hydrogens is 846 g/mol. The van der Waals surface area contributed by atoms with Gasteiger partial charge in [-0.2, -0.15) is 0 Å². The molecule has 2 heterocycles. The van der Waals surface area contributed by atoms with Crippen LogP contribution < -0.4 is 19.3 Å². The maximum absolute atomic E-state index is 15.3. The minimum Gasteiger partial charge on any atom is -0.508 e. The highest BCUT2D eigenvalue weighted by Crippen LogP contribution is 2.67. The molecule has 9 nitrogen and oxygen atoms in total. The van der Waals surface area contributed by atoms with Gasteiger partial charge in [0.2, 0.25) is 17.6 Å². The van der Waals surface area contributed by atoms with Gasteiger partial charge in [0.15, 0.2) is 33.0 Å². The van der Waals surface area contributed by atoms with E-state index >= 15 is 8.78 Å². The van der Waals surface area contributed by atoms with Crippen molar-refractivity contribution < 1.29 is 55.7 Å². The van der Waals surface area contributed by atoms with Crippen molar-refractivity contribution in [1.29, 1.82) is 0 Å². The van der Waals surface area contributed by atoms with Crippen molar-refractivity contribution in [2.75, 3.05) is 24.0 Å². The van der Waals surface area contributed by atoms with Crippen LogP contribution in [0, 0.1) is 46.8 Å². The van der Waals surface area contributed by atoms with E-state index in [0.29, 0.717) is 17.1 Å². The molecule has 8 rings (SSSR count). The molecule has 4 amide bonds. The van der Waals surface area contributed by atoms with Crippen LogP contribution in [-0.2, 0) is 19.2 Å². The van der Waals surface area contributed by atoms with Gasteiger partial charge in [-0.15, -0.1) is 23.2 Å². The summed E-state index contributed by atoms with van der Waals surface area (Å²) >= 11 is 20.6. The van der Waals surface area contributed by atoms with E-state index in [0.717, 1.165) is 16.5 Å². The predicted octanol–water partition coefficient (Wildman–Crippen LogP) is 8.70. The van der Waals surface area contributed by atoms with Gasteiger partial charge >= 0.3 is 0 Å². The van der Waals surface area contributed by atoms with Crippen LogP contribution in [-0.4, -0.2) is 52.7 Å².